The van der Waals surface area contributed by atoms with Gasteiger partial charge in [0.1, 0.15) is 5.69 Å². The molecule has 0 spiro atoms. The minimum absolute atomic E-state index is 0.0338. The zero-order valence-electron chi connectivity index (χ0n) is 16.9. The minimum atomic E-state index is -0.759. The number of likely N-dealkylation sites (tertiary alicyclic amines) is 1. The van der Waals surface area contributed by atoms with E-state index in [0.29, 0.717) is 18.8 Å². The number of carbonyl (C=O) groups is 2. The first-order chi connectivity index (χ1) is 14.5. The molecule has 0 saturated carbocycles. The number of esters is 1. The van der Waals surface area contributed by atoms with Crippen molar-refractivity contribution in [1.29, 1.82) is 0 Å². The van der Waals surface area contributed by atoms with Gasteiger partial charge in [-0.3, -0.25) is 14.9 Å². The van der Waals surface area contributed by atoms with E-state index in [0.717, 1.165) is 24.8 Å². The number of ether oxygens (including phenoxy) is 1. The lowest BCUT2D eigenvalue weighted by Gasteiger charge is -2.33. The van der Waals surface area contributed by atoms with Gasteiger partial charge < -0.3 is 15.0 Å². The van der Waals surface area contributed by atoms with Crippen LogP contribution < -0.4 is 5.32 Å². The first-order valence-corrected chi connectivity index (χ1v) is 9.98. The lowest BCUT2D eigenvalue weighted by Crippen LogP contribution is -2.44. The number of hydrogen-bond donors (Lipinski definition) is 1. The predicted molar refractivity (Wildman–Crippen MR) is 112 cm³/mol. The molecule has 2 aromatic carbocycles. The number of benzene rings is 2. The molecular formula is C22H25N3O5. The molecule has 1 fully saturated rings. The van der Waals surface area contributed by atoms with Crippen LogP contribution in [0.2, 0.25) is 0 Å². The van der Waals surface area contributed by atoms with Crippen molar-refractivity contribution in [3.8, 4) is 0 Å². The first kappa shape index (κ1) is 21.3. The van der Waals surface area contributed by atoms with E-state index >= 15 is 0 Å². The van der Waals surface area contributed by atoms with Crippen LogP contribution in [0.1, 0.15) is 42.1 Å². The summed E-state index contributed by atoms with van der Waals surface area (Å²) in [6, 6.07) is 13.7. The lowest BCUT2D eigenvalue weighted by molar-refractivity contribution is -0.384. The fraction of sp³-hybridized carbons (Fsp3) is 0.364. The van der Waals surface area contributed by atoms with Gasteiger partial charge in [0.25, 0.3) is 11.6 Å². The smallest absolute Gasteiger partial charge is 0.338 e. The van der Waals surface area contributed by atoms with Gasteiger partial charge in [-0.25, -0.2) is 4.79 Å². The number of anilines is 1. The van der Waals surface area contributed by atoms with Gasteiger partial charge in [0.2, 0.25) is 0 Å². The second-order valence-electron chi connectivity index (χ2n) is 7.34. The molecule has 1 aliphatic heterocycles. The molecule has 8 heteroatoms. The maximum Gasteiger partial charge on any atom is 0.338 e. The summed E-state index contributed by atoms with van der Waals surface area (Å²) < 4.78 is 5.12. The van der Waals surface area contributed by atoms with E-state index in [9.17, 15) is 19.7 Å². The van der Waals surface area contributed by atoms with Crippen molar-refractivity contribution in [3.63, 3.8) is 0 Å². The molecule has 2 aromatic rings. The summed E-state index contributed by atoms with van der Waals surface area (Å²) in [7, 11) is 0. The van der Waals surface area contributed by atoms with Crippen LogP contribution in [0.5, 0.6) is 0 Å². The topological polar surface area (TPSA) is 102 Å². The van der Waals surface area contributed by atoms with Crippen LogP contribution in [0, 0.1) is 10.1 Å². The Morgan fingerprint density at radius 1 is 1.20 bits per heavy atom. The van der Waals surface area contributed by atoms with Crippen molar-refractivity contribution < 1.29 is 19.2 Å². The van der Waals surface area contributed by atoms with Gasteiger partial charge in [-0.1, -0.05) is 30.3 Å². The largest absolute Gasteiger partial charge is 0.452 e. The fourth-order valence-electron chi connectivity index (χ4n) is 3.51. The quantitative estimate of drug-likeness (QED) is 0.423. The Balaban J connectivity index is 1.63. The average molecular weight is 411 g/mol. The second-order valence-corrected chi connectivity index (χ2v) is 7.34. The van der Waals surface area contributed by atoms with E-state index in [4.69, 9.17) is 4.74 Å². The first-order valence-electron chi connectivity index (χ1n) is 9.98. The van der Waals surface area contributed by atoms with Crippen LogP contribution in [-0.4, -0.2) is 40.9 Å². The molecule has 1 aliphatic rings. The Morgan fingerprint density at radius 3 is 2.67 bits per heavy atom. The van der Waals surface area contributed by atoms with Crippen LogP contribution in [-0.2, 0) is 16.1 Å². The molecule has 1 saturated heterocycles. The molecule has 8 nitrogen and oxygen atoms in total. The van der Waals surface area contributed by atoms with Crippen molar-refractivity contribution in [2.45, 2.75) is 38.8 Å². The number of piperidine rings is 1. The van der Waals surface area contributed by atoms with Gasteiger partial charge in [0.05, 0.1) is 10.5 Å². The van der Waals surface area contributed by atoms with E-state index in [1.165, 1.54) is 18.2 Å². The number of rotatable bonds is 7. The minimum Gasteiger partial charge on any atom is -0.452 e. The van der Waals surface area contributed by atoms with E-state index in [-0.39, 0.29) is 29.8 Å². The van der Waals surface area contributed by atoms with Crippen LogP contribution >= 0.6 is 0 Å². The van der Waals surface area contributed by atoms with Crippen LogP contribution in [0.15, 0.2) is 48.5 Å². The van der Waals surface area contributed by atoms with E-state index in [1.807, 2.05) is 37.3 Å². The highest BCUT2D eigenvalue weighted by Gasteiger charge is 2.25. The maximum atomic E-state index is 12.3. The molecule has 1 heterocycles. The fourth-order valence-corrected chi connectivity index (χ4v) is 3.51. The zero-order chi connectivity index (χ0) is 21.5. The molecule has 0 aliphatic carbocycles. The van der Waals surface area contributed by atoms with E-state index < -0.39 is 10.9 Å². The number of nitro groups is 1. The lowest BCUT2D eigenvalue weighted by atomic mass is 10.0. The van der Waals surface area contributed by atoms with Gasteiger partial charge >= 0.3 is 5.97 Å². The van der Waals surface area contributed by atoms with Gasteiger partial charge in [0, 0.05) is 25.2 Å². The number of nitro benzene ring substituents is 1. The van der Waals surface area contributed by atoms with Gasteiger partial charge in [-0.05, 0) is 43.9 Å². The number of nitrogens with zero attached hydrogens (tertiary/aromatic N) is 2. The summed E-state index contributed by atoms with van der Waals surface area (Å²) in [5.74, 6) is -1.00. The van der Waals surface area contributed by atoms with Crippen molar-refractivity contribution in [3.05, 3.63) is 69.8 Å². The van der Waals surface area contributed by atoms with Crippen LogP contribution in [0.3, 0.4) is 0 Å². The highest BCUT2D eigenvalue weighted by molar-refractivity contribution is 5.93. The molecule has 1 atom stereocenters. The van der Waals surface area contributed by atoms with E-state index in [2.05, 4.69) is 5.32 Å². The highest BCUT2D eigenvalue weighted by Crippen LogP contribution is 2.26. The summed E-state index contributed by atoms with van der Waals surface area (Å²) >= 11 is 0. The third-order valence-corrected chi connectivity index (χ3v) is 5.21. The molecule has 0 radical (unpaired) electrons. The van der Waals surface area contributed by atoms with Crippen molar-refractivity contribution in [2.75, 3.05) is 18.5 Å². The zero-order valence-corrected chi connectivity index (χ0v) is 16.9. The summed E-state index contributed by atoms with van der Waals surface area (Å²) in [6.07, 6.45) is 2.95. The Kier molecular flexibility index (Phi) is 7.00. The summed E-state index contributed by atoms with van der Waals surface area (Å²) in [6.45, 7) is 2.67. The number of hydrogen-bond acceptors (Lipinski definition) is 6. The second kappa shape index (κ2) is 9.87. The molecule has 1 amide bonds. The monoisotopic (exact) mass is 411 g/mol. The van der Waals surface area contributed by atoms with Gasteiger partial charge in [-0.15, -0.1) is 0 Å². The molecule has 158 valence electrons. The Hall–Kier alpha value is -3.42. The van der Waals surface area contributed by atoms with Crippen LogP contribution in [0.4, 0.5) is 11.4 Å². The molecule has 0 bridgehead atoms. The summed E-state index contributed by atoms with van der Waals surface area (Å²) in [4.78, 5) is 37.3. The third-order valence-electron chi connectivity index (χ3n) is 5.21. The summed E-state index contributed by atoms with van der Waals surface area (Å²) in [5.41, 5.74) is 1.09. The Labute approximate surface area is 175 Å². The third kappa shape index (κ3) is 5.34. The molecule has 1 N–H and O–H groups in total. The average Bonchev–Trinajstić information content (AvgIpc) is 2.76. The summed E-state index contributed by atoms with van der Waals surface area (Å²) in [5, 5.41) is 14.5. The molecule has 3 rings (SSSR count). The van der Waals surface area contributed by atoms with Crippen LogP contribution in [0.25, 0.3) is 0 Å². The SMILES string of the molecule is C[C@H]1CCCCN1C(=O)COC(=O)c1ccc(NCc2ccccc2)c([N+](=O)[O-])c1. The maximum absolute atomic E-state index is 12.3. The Bertz CT molecular complexity index is 916. The van der Waals surface area contributed by atoms with Gasteiger partial charge in [0.15, 0.2) is 6.61 Å². The molecule has 0 aromatic heterocycles. The standard InChI is InChI=1S/C22H25N3O5/c1-16-7-5-6-12-24(16)21(26)15-30-22(27)18-10-11-19(20(13-18)25(28)29)23-14-17-8-3-2-4-9-17/h2-4,8-11,13,16,23H,5-7,12,14-15H2,1H3/t16-/m0/s1. The van der Waals surface area contributed by atoms with Crippen molar-refractivity contribution >= 4 is 23.3 Å². The number of nitrogens with one attached hydrogen (secondary N) is 1. The van der Waals surface area contributed by atoms with Gasteiger partial charge in [-0.2, -0.15) is 0 Å². The Morgan fingerprint density at radius 2 is 1.97 bits per heavy atom. The van der Waals surface area contributed by atoms with Crippen molar-refractivity contribution in [1.82, 2.24) is 4.90 Å². The molecular weight excluding hydrogens is 386 g/mol. The normalized spacial score (nSPS) is 16.0. The van der Waals surface area contributed by atoms with E-state index in [1.54, 1.807) is 4.90 Å². The highest BCUT2D eigenvalue weighted by atomic mass is 16.6. The number of amides is 1. The number of carbonyl (C=O) groups excluding carboxylic acids is 2. The predicted octanol–water partition coefficient (Wildman–Crippen LogP) is 3.76. The molecule has 30 heavy (non-hydrogen) atoms. The molecule has 0 unspecified atom stereocenters. The van der Waals surface area contributed by atoms with Crippen molar-refractivity contribution in [2.24, 2.45) is 0 Å².